The highest BCUT2D eigenvalue weighted by Crippen LogP contribution is 2.22. The van der Waals surface area contributed by atoms with E-state index in [1.165, 1.54) is 11.1 Å². The predicted molar refractivity (Wildman–Crippen MR) is 123 cm³/mol. The quantitative estimate of drug-likeness (QED) is 0.494. The summed E-state index contributed by atoms with van der Waals surface area (Å²) in [4.78, 5) is 14.3. The van der Waals surface area contributed by atoms with Crippen LogP contribution in [0.4, 0.5) is 5.69 Å². The van der Waals surface area contributed by atoms with Gasteiger partial charge >= 0.3 is 5.97 Å². The van der Waals surface area contributed by atoms with Crippen molar-refractivity contribution in [3.8, 4) is 0 Å². The summed E-state index contributed by atoms with van der Waals surface area (Å²) in [6, 6.07) is 13.4. The lowest BCUT2D eigenvalue weighted by Crippen LogP contribution is -2.36. The van der Waals surface area contributed by atoms with Crippen LogP contribution in [0.3, 0.4) is 0 Å². The Balaban J connectivity index is 1.56. The molecule has 0 aromatic heterocycles. The number of ether oxygens (including phenoxy) is 2. The Morgan fingerprint density at radius 3 is 2.63 bits per heavy atom. The topological polar surface area (TPSA) is 62.8 Å². The second-order valence-corrected chi connectivity index (χ2v) is 7.70. The lowest BCUT2D eigenvalue weighted by Gasteiger charge is -2.27. The van der Waals surface area contributed by atoms with Crippen LogP contribution in [-0.2, 0) is 22.6 Å². The van der Waals surface area contributed by atoms with Crippen molar-refractivity contribution in [2.24, 2.45) is 0 Å². The number of nitrogens with one attached hydrogen (secondary N) is 2. The molecule has 2 aromatic rings. The second-order valence-electron chi connectivity index (χ2n) is 6.88. The van der Waals surface area contributed by atoms with Crippen LogP contribution >= 0.6 is 23.8 Å². The highest BCUT2D eigenvalue weighted by atomic mass is 35.5. The molecule has 2 N–H and O–H groups in total. The van der Waals surface area contributed by atoms with Gasteiger partial charge in [0.15, 0.2) is 5.11 Å². The highest BCUT2D eigenvalue weighted by molar-refractivity contribution is 7.80. The van der Waals surface area contributed by atoms with Crippen molar-refractivity contribution in [3.05, 3.63) is 64.2 Å². The maximum absolute atomic E-state index is 11.9. The number of hydrogen-bond donors (Lipinski definition) is 2. The van der Waals surface area contributed by atoms with Gasteiger partial charge in [-0.25, -0.2) is 4.79 Å². The molecule has 0 radical (unpaired) electrons. The van der Waals surface area contributed by atoms with Gasteiger partial charge in [-0.2, -0.15) is 0 Å². The third kappa shape index (κ3) is 6.40. The summed E-state index contributed by atoms with van der Waals surface area (Å²) in [6.07, 6.45) is 0. The number of halogens is 1. The maximum Gasteiger partial charge on any atom is 0.339 e. The van der Waals surface area contributed by atoms with Gasteiger partial charge in [-0.1, -0.05) is 35.9 Å². The summed E-state index contributed by atoms with van der Waals surface area (Å²) < 4.78 is 10.4. The molecule has 3 rings (SSSR count). The molecule has 1 aliphatic rings. The Bertz CT molecular complexity index is 888. The Morgan fingerprint density at radius 2 is 1.93 bits per heavy atom. The van der Waals surface area contributed by atoms with Gasteiger partial charge in [0.2, 0.25) is 0 Å². The summed E-state index contributed by atoms with van der Waals surface area (Å²) >= 11 is 11.6. The number of carbonyl (C=O) groups excluding carboxylic acids is 1. The van der Waals surface area contributed by atoms with Gasteiger partial charge in [-0.15, -0.1) is 0 Å². The standard InChI is InChI=1S/C22H26ClN3O3S/c1-2-29-21(27)19-8-7-18(13-20(19)23)25-22(30)24-14-16-5-3-4-6-17(16)15-26-9-11-28-12-10-26/h3-8,13H,2,9-12,14-15H2,1H3,(H2,24,25,30). The van der Waals surface area contributed by atoms with E-state index >= 15 is 0 Å². The zero-order chi connectivity index (χ0) is 21.3. The van der Waals surface area contributed by atoms with Crippen LogP contribution in [-0.4, -0.2) is 48.9 Å². The lowest BCUT2D eigenvalue weighted by molar-refractivity contribution is 0.0341. The molecular formula is C22H26ClN3O3S. The minimum Gasteiger partial charge on any atom is -0.462 e. The molecule has 0 amide bonds. The average molecular weight is 448 g/mol. The molecule has 0 atom stereocenters. The van der Waals surface area contributed by atoms with Crippen LogP contribution in [0.25, 0.3) is 0 Å². The zero-order valence-electron chi connectivity index (χ0n) is 16.9. The number of hydrogen-bond acceptors (Lipinski definition) is 5. The Morgan fingerprint density at radius 1 is 1.20 bits per heavy atom. The van der Waals surface area contributed by atoms with E-state index in [0.29, 0.717) is 34.5 Å². The number of nitrogens with zero attached hydrogens (tertiary/aromatic N) is 1. The highest BCUT2D eigenvalue weighted by Gasteiger charge is 2.14. The molecule has 0 aliphatic carbocycles. The van der Waals surface area contributed by atoms with Crippen molar-refractivity contribution in [1.82, 2.24) is 10.2 Å². The second kappa shape index (κ2) is 11.3. The molecule has 1 fully saturated rings. The number of thiocarbonyl (C=S) groups is 1. The summed E-state index contributed by atoms with van der Waals surface area (Å²) in [5.41, 5.74) is 3.51. The fraction of sp³-hybridized carbons (Fsp3) is 0.364. The molecule has 1 saturated heterocycles. The predicted octanol–water partition coefficient (Wildman–Crippen LogP) is 3.84. The Hall–Kier alpha value is -2.19. The van der Waals surface area contributed by atoms with Gasteiger partial charge in [0, 0.05) is 31.9 Å². The fourth-order valence-electron chi connectivity index (χ4n) is 3.20. The number of benzene rings is 2. The molecule has 2 aromatic carbocycles. The first kappa shape index (κ1) is 22.5. The van der Waals surface area contributed by atoms with Crippen molar-refractivity contribution in [1.29, 1.82) is 0 Å². The maximum atomic E-state index is 11.9. The minimum atomic E-state index is -0.438. The van der Waals surface area contributed by atoms with Gasteiger partial charge in [-0.05, 0) is 48.5 Å². The van der Waals surface area contributed by atoms with Crippen LogP contribution in [0.1, 0.15) is 28.4 Å². The third-order valence-corrected chi connectivity index (χ3v) is 5.34. The average Bonchev–Trinajstić information content (AvgIpc) is 2.74. The number of anilines is 1. The Kier molecular flexibility index (Phi) is 8.45. The van der Waals surface area contributed by atoms with Crippen molar-refractivity contribution < 1.29 is 14.3 Å². The van der Waals surface area contributed by atoms with Crippen LogP contribution in [0.5, 0.6) is 0 Å². The molecule has 8 heteroatoms. The van der Waals surface area contributed by atoms with Crippen molar-refractivity contribution in [2.45, 2.75) is 20.0 Å². The van der Waals surface area contributed by atoms with E-state index in [2.05, 4.69) is 33.7 Å². The molecule has 6 nitrogen and oxygen atoms in total. The van der Waals surface area contributed by atoms with E-state index in [-0.39, 0.29) is 0 Å². The monoisotopic (exact) mass is 447 g/mol. The smallest absolute Gasteiger partial charge is 0.339 e. The molecule has 0 spiro atoms. The first-order valence-corrected chi connectivity index (χ1v) is 10.7. The van der Waals surface area contributed by atoms with Crippen molar-refractivity contribution in [3.63, 3.8) is 0 Å². The van der Waals surface area contributed by atoms with Crippen LogP contribution < -0.4 is 10.6 Å². The largest absolute Gasteiger partial charge is 0.462 e. The first-order valence-electron chi connectivity index (χ1n) is 9.95. The molecule has 1 aliphatic heterocycles. The normalized spacial score (nSPS) is 14.2. The van der Waals surface area contributed by atoms with Gasteiger partial charge in [0.25, 0.3) is 0 Å². The van der Waals surface area contributed by atoms with E-state index in [0.717, 1.165) is 32.8 Å². The summed E-state index contributed by atoms with van der Waals surface area (Å²) in [5, 5.41) is 7.15. The molecule has 0 saturated carbocycles. The SMILES string of the molecule is CCOC(=O)c1ccc(NC(=S)NCc2ccccc2CN2CCOCC2)cc1Cl. The van der Waals surface area contributed by atoms with Crippen molar-refractivity contribution >= 4 is 40.6 Å². The van der Waals surface area contributed by atoms with E-state index in [9.17, 15) is 4.79 Å². The summed E-state index contributed by atoms with van der Waals surface area (Å²) in [6.45, 7) is 7.03. The van der Waals surface area contributed by atoms with E-state index in [1.807, 2.05) is 6.07 Å². The molecule has 1 heterocycles. The van der Waals surface area contributed by atoms with Gasteiger partial charge in [0.05, 0.1) is 30.4 Å². The first-order chi connectivity index (χ1) is 14.6. The number of esters is 1. The van der Waals surface area contributed by atoms with Crippen LogP contribution in [0.2, 0.25) is 5.02 Å². The van der Waals surface area contributed by atoms with E-state index < -0.39 is 5.97 Å². The Labute approximate surface area is 187 Å². The number of carbonyl (C=O) groups is 1. The summed E-state index contributed by atoms with van der Waals surface area (Å²) in [7, 11) is 0. The van der Waals surface area contributed by atoms with Crippen LogP contribution in [0, 0.1) is 0 Å². The molecular weight excluding hydrogens is 422 g/mol. The number of morpholine rings is 1. The number of rotatable bonds is 7. The van der Waals surface area contributed by atoms with E-state index in [4.69, 9.17) is 33.3 Å². The minimum absolute atomic E-state index is 0.302. The molecule has 0 unspecified atom stereocenters. The molecule has 0 bridgehead atoms. The molecule has 30 heavy (non-hydrogen) atoms. The zero-order valence-corrected chi connectivity index (χ0v) is 18.5. The van der Waals surface area contributed by atoms with Gasteiger partial charge in [0.1, 0.15) is 0 Å². The van der Waals surface area contributed by atoms with Crippen molar-refractivity contribution in [2.75, 3.05) is 38.2 Å². The summed E-state index contributed by atoms with van der Waals surface area (Å²) in [5.74, 6) is -0.438. The van der Waals surface area contributed by atoms with E-state index in [1.54, 1.807) is 25.1 Å². The lowest BCUT2D eigenvalue weighted by atomic mass is 10.1. The van der Waals surface area contributed by atoms with Gasteiger partial charge < -0.3 is 20.1 Å². The molecule has 160 valence electrons. The fourth-order valence-corrected chi connectivity index (χ4v) is 3.65. The van der Waals surface area contributed by atoms with Crippen LogP contribution in [0.15, 0.2) is 42.5 Å². The van der Waals surface area contributed by atoms with Gasteiger partial charge in [-0.3, -0.25) is 4.90 Å². The third-order valence-electron chi connectivity index (χ3n) is 4.78.